The Hall–Kier alpha value is -1.83. The molecule has 0 spiro atoms. The highest BCUT2D eigenvalue weighted by Gasteiger charge is 2.44. The number of carbonyl (C=O) groups excluding carboxylic acids is 2. The van der Waals surface area contributed by atoms with Crippen molar-refractivity contribution in [2.45, 2.75) is 37.5 Å². The van der Waals surface area contributed by atoms with Gasteiger partial charge in [-0.1, -0.05) is 0 Å². The lowest BCUT2D eigenvalue weighted by Crippen LogP contribution is -2.53. The molecule has 0 bridgehead atoms. The molecule has 0 aromatic heterocycles. The number of likely N-dealkylation sites (N-methyl/N-ethyl adjacent to an activating group) is 1. The van der Waals surface area contributed by atoms with Crippen molar-refractivity contribution in [3.8, 4) is 0 Å². The largest absolute Gasteiger partial charge is 0.480 e. The van der Waals surface area contributed by atoms with Crippen LogP contribution in [0.2, 0.25) is 0 Å². The Morgan fingerprint density at radius 3 is 2.50 bits per heavy atom. The van der Waals surface area contributed by atoms with E-state index >= 15 is 0 Å². The first-order chi connectivity index (χ1) is 9.45. The average Bonchev–Trinajstić information content (AvgIpc) is 3.03. The van der Waals surface area contributed by atoms with Crippen LogP contribution in [0.25, 0.3) is 0 Å². The Balaban J connectivity index is 2.13. The molecule has 2 heterocycles. The van der Waals surface area contributed by atoms with Crippen LogP contribution in [-0.2, 0) is 9.59 Å². The summed E-state index contributed by atoms with van der Waals surface area (Å²) >= 11 is 0. The number of β-amino-alcohol motifs (C(OH)–C–C–N with tert-alkyl or cyclic N) is 1. The minimum absolute atomic E-state index is 0.00718. The number of likely N-dealkylation sites (tertiary alicyclic amines) is 2. The predicted octanol–water partition coefficient (Wildman–Crippen LogP) is -1.16. The molecule has 0 aliphatic carbocycles. The lowest BCUT2D eigenvalue weighted by molar-refractivity contribution is -0.141. The minimum atomic E-state index is -1.13. The van der Waals surface area contributed by atoms with E-state index in [9.17, 15) is 19.5 Å². The fourth-order valence-electron chi connectivity index (χ4n) is 2.86. The molecular formula is C12H19N3O5. The number of nitrogens with one attached hydrogen (secondary N) is 1. The summed E-state index contributed by atoms with van der Waals surface area (Å²) in [6, 6.07) is -2.07. The van der Waals surface area contributed by atoms with E-state index in [1.807, 2.05) is 0 Å². The van der Waals surface area contributed by atoms with Crippen molar-refractivity contribution in [1.29, 1.82) is 0 Å². The van der Waals surface area contributed by atoms with Gasteiger partial charge >= 0.3 is 12.0 Å². The van der Waals surface area contributed by atoms with E-state index < -0.39 is 30.2 Å². The molecule has 0 radical (unpaired) electrons. The fraction of sp³-hybridized carbons (Fsp3) is 0.750. The third-order valence-electron chi connectivity index (χ3n) is 3.86. The first-order valence-corrected chi connectivity index (χ1v) is 6.65. The van der Waals surface area contributed by atoms with Gasteiger partial charge < -0.3 is 25.3 Å². The second kappa shape index (κ2) is 5.66. The van der Waals surface area contributed by atoms with Gasteiger partial charge in [0.25, 0.3) is 0 Å². The average molecular weight is 285 g/mol. The Kier molecular flexibility index (Phi) is 4.12. The number of carboxylic acids is 1. The summed E-state index contributed by atoms with van der Waals surface area (Å²) in [6.45, 7) is 0.419. The number of aliphatic hydroxyl groups excluding tert-OH is 1. The van der Waals surface area contributed by atoms with E-state index in [1.54, 1.807) is 0 Å². The molecule has 3 amide bonds. The van der Waals surface area contributed by atoms with E-state index in [0.717, 1.165) is 4.90 Å². The number of carboxylic acid groups (broad SMARTS) is 1. The molecule has 2 aliphatic heterocycles. The minimum Gasteiger partial charge on any atom is -0.480 e. The van der Waals surface area contributed by atoms with Crippen molar-refractivity contribution >= 4 is 17.9 Å². The zero-order chi connectivity index (χ0) is 14.9. The molecule has 112 valence electrons. The molecule has 8 nitrogen and oxygen atoms in total. The molecule has 8 heteroatoms. The SMILES string of the molecule is CNC(=O)C1CCCN1C(=O)N1C[C@@H](O)C[C@H]1C(=O)O. The van der Waals surface area contributed by atoms with E-state index in [0.29, 0.717) is 19.4 Å². The van der Waals surface area contributed by atoms with Crippen molar-refractivity contribution in [3.05, 3.63) is 0 Å². The number of aliphatic carboxylic acids is 1. The van der Waals surface area contributed by atoms with Crippen LogP contribution in [0.4, 0.5) is 4.79 Å². The standard InChI is InChI=1S/C12H19N3O5/c1-13-10(17)8-3-2-4-14(8)12(20)15-6-7(16)5-9(15)11(18)19/h7-9,16H,2-6H2,1H3,(H,13,17)(H,18,19)/t7-,8?,9-/m0/s1. The first-order valence-electron chi connectivity index (χ1n) is 6.65. The van der Waals surface area contributed by atoms with Gasteiger partial charge in [-0.05, 0) is 12.8 Å². The maximum atomic E-state index is 12.4. The summed E-state index contributed by atoms with van der Waals surface area (Å²) in [5.41, 5.74) is 0. The number of aliphatic hydroxyl groups is 1. The Labute approximate surface area is 116 Å². The van der Waals surface area contributed by atoms with Crippen molar-refractivity contribution in [1.82, 2.24) is 15.1 Å². The molecule has 0 aromatic rings. The van der Waals surface area contributed by atoms with Crippen LogP contribution in [0.1, 0.15) is 19.3 Å². The maximum absolute atomic E-state index is 12.4. The number of amides is 3. The summed E-state index contributed by atoms with van der Waals surface area (Å²) in [5.74, 6) is -1.38. The van der Waals surface area contributed by atoms with Gasteiger partial charge in [-0.25, -0.2) is 9.59 Å². The number of rotatable bonds is 2. The summed E-state index contributed by atoms with van der Waals surface area (Å²) in [6.07, 6.45) is 0.470. The molecule has 3 atom stereocenters. The molecule has 2 aliphatic rings. The summed E-state index contributed by atoms with van der Waals surface area (Å²) in [7, 11) is 1.50. The molecular weight excluding hydrogens is 266 g/mol. The van der Waals surface area contributed by atoms with Crippen molar-refractivity contribution in [2.75, 3.05) is 20.1 Å². The molecule has 2 rings (SSSR count). The first kappa shape index (κ1) is 14.6. The maximum Gasteiger partial charge on any atom is 0.326 e. The summed E-state index contributed by atoms with van der Waals surface area (Å²) < 4.78 is 0. The van der Waals surface area contributed by atoms with Crippen molar-refractivity contribution in [2.24, 2.45) is 0 Å². The van der Waals surface area contributed by atoms with E-state index in [1.165, 1.54) is 11.9 Å². The van der Waals surface area contributed by atoms with Gasteiger partial charge in [-0.15, -0.1) is 0 Å². The topological polar surface area (TPSA) is 110 Å². The lowest BCUT2D eigenvalue weighted by atomic mass is 10.2. The third kappa shape index (κ3) is 2.55. The third-order valence-corrected chi connectivity index (χ3v) is 3.86. The monoisotopic (exact) mass is 285 g/mol. The number of nitrogens with zero attached hydrogens (tertiary/aromatic N) is 2. The lowest BCUT2D eigenvalue weighted by Gasteiger charge is -2.30. The second-order valence-electron chi connectivity index (χ2n) is 5.14. The van der Waals surface area contributed by atoms with Gasteiger partial charge in [-0.3, -0.25) is 4.79 Å². The molecule has 20 heavy (non-hydrogen) atoms. The van der Waals surface area contributed by atoms with Crippen LogP contribution in [0.5, 0.6) is 0 Å². The highest BCUT2D eigenvalue weighted by atomic mass is 16.4. The van der Waals surface area contributed by atoms with Gasteiger partial charge in [0.2, 0.25) is 5.91 Å². The molecule has 0 aromatic carbocycles. The van der Waals surface area contributed by atoms with Crippen LogP contribution in [-0.4, -0.2) is 76.2 Å². The van der Waals surface area contributed by atoms with Gasteiger partial charge in [-0.2, -0.15) is 0 Å². The van der Waals surface area contributed by atoms with Crippen molar-refractivity contribution < 1.29 is 24.6 Å². The van der Waals surface area contributed by atoms with Crippen LogP contribution in [0, 0.1) is 0 Å². The van der Waals surface area contributed by atoms with Crippen LogP contribution in [0.3, 0.4) is 0 Å². The number of hydrogen-bond acceptors (Lipinski definition) is 4. The number of carbonyl (C=O) groups is 3. The van der Waals surface area contributed by atoms with Crippen molar-refractivity contribution in [3.63, 3.8) is 0 Å². The molecule has 2 fully saturated rings. The Morgan fingerprint density at radius 1 is 1.20 bits per heavy atom. The number of urea groups is 1. The van der Waals surface area contributed by atoms with Gasteiger partial charge in [0.05, 0.1) is 6.10 Å². The van der Waals surface area contributed by atoms with Gasteiger partial charge in [0.15, 0.2) is 0 Å². The fourth-order valence-corrected chi connectivity index (χ4v) is 2.86. The Bertz CT molecular complexity index is 427. The van der Waals surface area contributed by atoms with Crippen LogP contribution >= 0.6 is 0 Å². The quantitative estimate of drug-likeness (QED) is 0.592. The summed E-state index contributed by atoms with van der Waals surface area (Å²) in [5, 5.41) is 21.2. The molecule has 3 N–H and O–H groups in total. The Morgan fingerprint density at radius 2 is 1.90 bits per heavy atom. The van der Waals surface area contributed by atoms with E-state index in [4.69, 9.17) is 5.11 Å². The predicted molar refractivity (Wildman–Crippen MR) is 67.9 cm³/mol. The normalized spacial score (nSPS) is 29.6. The molecule has 1 unspecified atom stereocenters. The highest BCUT2D eigenvalue weighted by Crippen LogP contribution is 2.25. The summed E-state index contributed by atoms with van der Waals surface area (Å²) in [4.78, 5) is 37.9. The highest BCUT2D eigenvalue weighted by molar-refractivity contribution is 5.89. The van der Waals surface area contributed by atoms with Crippen LogP contribution in [0.15, 0.2) is 0 Å². The van der Waals surface area contributed by atoms with E-state index in [-0.39, 0.29) is 18.9 Å². The number of hydrogen-bond donors (Lipinski definition) is 3. The van der Waals surface area contributed by atoms with Gasteiger partial charge in [0.1, 0.15) is 12.1 Å². The molecule has 0 saturated carbocycles. The zero-order valence-corrected chi connectivity index (χ0v) is 11.3. The van der Waals surface area contributed by atoms with Crippen LogP contribution < -0.4 is 5.32 Å². The molecule has 2 saturated heterocycles. The smallest absolute Gasteiger partial charge is 0.326 e. The zero-order valence-electron chi connectivity index (χ0n) is 11.3. The second-order valence-corrected chi connectivity index (χ2v) is 5.14. The van der Waals surface area contributed by atoms with Gasteiger partial charge in [0, 0.05) is 26.6 Å². The van der Waals surface area contributed by atoms with E-state index in [2.05, 4.69) is 5.32 Å².